The van der Waals surface area contributed by atoms with Gasteiger partial charge < -0.3 is 10.4 Å². The number of thiophene rings is 1. The Kier molecular flexibility index (Phi) is 4.82. The molecular formula is C9H8N2O3S2. The molecule has 1 heterocycles. The predicted octanol–water partition coefficient (Wildman–Crippen LogP) is 1.64. The van der Waals surface area contributed by atoms with E-state index in [-0.39, 0.29) is 22.3 Å². The number of nitrogens with one attached hydrogen (secondary N) is 1. The summed E-state index contributed by atoms with van der Waals surface area (Å²) in [5.74, 6) is -0.984. The molecule has 0 aromatic carbocycles. The molecule has 1 amide bonds. The Bertz CT molecular complexity index is 436. The lowest BCUT2D eigenvalue weighted by Crippen LogP contribution is -2.15. The van der Waals surface area contributed by atoms with Crippen molar-refractivity contribution in [3.05, 3.63) is 16.3 Å². The van der Waals surface area contributed by atoms with Crippen LogP contribution in [0.15, 0.2) is 11.4 Å². The van der Waals surface area contributed by atoms with Crippen LogP contribution in [0.5, 0.6) is 0 Å². The molecular weight excluding hydrogens is 248 g/mol. The SMILES string of the molecule is N#CCSCC(=O)Nc1ccsc1C(=O)O. The number of hydrogen-bond acceptors (Lipinski definition) is 5. The number of thioether (sulfide) groups is 1. The van der Waals surface area contributed by atoms with Gasteiger partial charge in [-0.05, 0) is 11.4 Å². The zero-order valence-corrected chi connectivity index (χ0v) is 9.73. The van der Waals surface area contributed by atoms with Crippen LogP contribution in [0.1, 0.15) is 9.67 Å². The summed E-state index contributed by atoms with van der Waals surface area (Å²) in [6.45, 7) is 0. The molecule has 0 atom stereocenters. The number of hydrogen-bond donors (Lipinski definition) is 2. The second kappa shape index (κ2) is 6.15. The van der Waals surface area contributed by atoms with Crippen molar-refractivity contribution >= 4 is 40.7 Å². The standard InChI is InChI=1S/C9H8N2O3S2/c10-2-4-15-5-7(12)11-6-1-3-16-8(6)9(13)14/h1,3H,4-5H2,(H,11,12)(H,13,14). The molecule has 0 aliphatic rings. The van der Waals surface area contributed by atoms with Gasteiger partial charge in [-0.3, -0.25) is 4.79 Å². The molecule has 0 spiro atoms. The van der Waals surface area contributed by atoms with Crippen LogP contribution < -0.4 is 5.32 Å². The monoisotopic (exact) mass is 256 g/mol. The maximum absolute atomic E-state index is 11.3. The molecule has 5 nitrogen and oxygen atoms in total. The van der Waals surface area contributed by atoms with Crippen LogP contribution in [-0.4, -0.2) is 28.5 Å². The molecule has 84 valence electrons. The van der Waals surface area contributed by atoms with Crippen LogP contribution in [0.2, 0.25) is 0 Å². The van der Waals surface area contributed by atoms with Crippen LogP contribution in [-0.2, 0) is 4.79 Å². The second-order valence-electron chi connectivity index (χ2n) is 2.67. The third kappa shape index (κ3) is 3.56. The number of carbonyl (C=O) groups excluding carboxylic acids is 1. The minimum absolute atomic E-state index is 0.110. The summed E-state index contributed by atoms with van der Waals surface area (Å²) in [4.78, 5) is 22.2. The average Bonchev–Trinajstić information content (AvgIpc) is 2.66. The lowest BCUT2D eigenvalue weighted by atomic mass is 10.4. The molecule has 7 heteroatoms. The minimum Gasteiger partial charge on any atom is -0.477 e. The van der Waals surface area contributed by atoms with Gasteiger partial charge in [0.1, 0.15) is 4.88 Å². The van der Waals surface area contributed by atoms with Gasteiger partial charge >= 0.3 is 5.97 Å². The van der Waals surface area contributed by atoms with Gasteiger partial charge in [-0.1, -0.05) is 0 Å². The van der Waals surface area contributed by atoms with Crippen molar-refractivity contribution in [3.63, 3.8) is 0 Å². The van der Waals surface area contributed by atoms with Gasteiger partial charge in [-0.25, -0.2) is 4.79 Å². The number of carboxylic acids is 1. The smallest absolute Gasteiger partial charge is 0.348 e. The predicted molar refractivity (Wildman–Crippen MR) is 62.8 cm³/mol. The van der Waals surface area contributed by atoms with E-state index in [0.29, 0.717) is 5.69 Å². The van der Waals surface area contributed by atoms with E-state index in [1.807, 2.05) is 6.07 Å². The van der Waals surface area contributed by atoms with Crippen LogP contribution in [0.4, 0.5) is 5.69 Å². The maximum atomic E-state index is 11.3. The first-order chi connectivity index (χ1) is 7.65. The molecule has 1 aromatic rings. The first-order valence-corrected chi connectivity index (χ1v) is 6.24. The van der Waals surface area contributed by atoms with E-state index in [0.717, 1.165) is 11.3 Å². The van der Waals surface area contributed by atoms with E-state index >= 15 is 0 Å². The van der Waals surface area contributed by atoms with E-state index in [1.165, 1.54) is 11.8 Å². The van der Waals surface area contributed by atoms with E-state index in [4.69, 9.17) is 10.4 Å². The molecule has 0 saturated heterocycles. The minimum atomic E-state index is -1.06. The van der Waals surface area contributed by atoms with Gasteiger partial charge in [-0.15, -0.1) is 23.1 Å². The molecule has 0 unspecified atom stereocenters. The summed E-state index contributed by atoms with van der Waals surface area (Å²) >= 11 is 2.23. The van der Waals surface area contributed by atoms with Crippen molar-refractivity contribution in [2.24, 2.45) is 0 Å². The fourth-order valence-electron chi connectivity index (χ4n) is 0.949. The zero-order chi connectivity index (χ0) is 12.0. The molecule has 1 rings (SSSR count). The number of aromatic carboxylic acids is 1. The van der Waals surface area contributed by atoms with Crippen molar-refractivity contribution in [3.8, 4) is 6.07 Å². The highest BCUT2D eigenvalue weighted by molar-refractivity contribution is 8.00. The molecule has 0 fully saturated rings. The maximum Gasteiger partial charge on any atom is 0.348 e. The molecule has 1 aromatic heterocycles. The Balaban J connectivity index is 2.53. The van der Waals surface area contributed by atoms with Crippen LogP contribution in [0.3, 0.4) is 0 Å². The van der Waals surface area contributed by atoms with Crippen LogP contribution in [0, 0.1) is 11.3 Å². The highest BCUT2D eigenvalue weighted by atomic mass is 32.2. The largest absolute Gasteiger partial charge is 0.477 e. The van der Waals surface area contributed by atoms with Crippen molar-refractivity contribution in [1.82, 2.24) is 0 Å². The van der Waals surface area contributed by atoms with E-state index in [9.17, 15) is 9.59 Å². The third-order valence-electron chi connectivity index (χ3n) is 1.53. The number of carboxylic acid groups (broad SMARTS) is 1. The fraction of sp³-hybridized carbons (Fsp3) is 0.222. The second-order valence-corrected chi connectivity index (χ2v) is 4.57. The Morgan fingerprint density at radius 2 is 2.38 bits per heavy atom. The van der Waals surface area contributed by atoms with E-state index < -0.39 is 5.97 Å². The first-order valence-electron chi connectivity index (χ1n) is 4.20. The molecule has 0 radical (unpaired) electrons. The topological polar surface area (TPSA) is 90.2 Å². The number of nitriles is 1. The van der Waals surface area contributed by atoms with Gasteiger partial charge in [0.25, 0.3) is 0 Å². The average molecular weight is 256 g/mol. The lowest BCUT2D eigenvalue weighted by molar-refractivity contribution is -0.113. The van der Waals surface area contributed by atoms with Crippen molar-refractivity contribution in [2.75, 3.05) is 16.8 Å². The zero-order valence-electron chi connectivity index (χ0n) is 8.10. The number of amides is 1. The number of nitrogens with zero attached hydrogens (tertiary/aromatic N) is 1. The van der Waals surface area contributed by atoms with Gasteiger partial charge in [0.05, 0.1) is 23.3 Å². The van der Waals surface area contributed by atoms with Crippen LogP contribution >= 0.6 is 23.1 Å². The normalized spacial score (nSPS) is 9.44. The number of carbonyl (C=O) groups is 2. The van der Waals surface area contributed by atoms with Crippen molar-refractivity contribution in [2.45, 2.75) is 0 Å². The highest BCUT2D eigenvalue weighted by Gasteiger charge is 2.13. The molecule has 0 aliphatic heterocycles. The first kappa shape index (κ1) is 12.5. The Hall–Kier alpha value is -1.52. The fourth-order valence-corrected chi connectivity index (χ4v) is 2.09. The molecule has 0 bridgehead atoms. The van der Waals surface area contributed by atoms with Gasteiger partial charge in [-0.2, -0.15) is 5.26 Å². The third-order valence-corrected chi connectivity index (χ3v) is 3.24. The van der Waals surface area contributed by atoms with Gasteiger partial charge in [0, 0.05) is 0 Å². The lowest BCUT2D eigenvalue weighted by Gasteiger charge is -2.02. The van der Waals surface area contributed by atoms with E-state index in [1.54, 1.807) is 11.4 Å². The molecule has 0 saturated carbocycles. The highest BCUT2D eigenvalue weighted by Crippen LogP contribution is 2.22. The Labute approximate surface area is 100 Å². The van der Waals surface area contributed by atoms with Crippen molar-refractivity contribution in [1.29, 1.82) is 5.26 Å². The van der Waals surface area contributed by atoms with E-state index in [2.05, 4.69) is 5.32 Å². The molecule has 2 N–H and O–H groups in total. The summed E-state index contributed by atoms with van der Waals surface area (Å²) in [6.07, 6.45) is 0. The summed E-state index contributed by atoms with van der Waals surface area (Å²) in [5.41, 5.74) is 0.306. The molecule has 0 aliphatic carbocycles. The summed E-state index contributed by atoms with van der Waals surface area (Å²) in [7, 11) is 0. The van der Waals surface area contributed by atoms with Gasteiger partial charge in [0.2, 0.25) is 5.91 Å². The van der Waals surface area contributed by atoms with Crippen molar-refractivity contribution < 1.29 is 14.7 Å². The summed E-state index contributed by atoms with van der Waals surface area (Å²) < 4.78 is 0. The molecule has 16 heavy (non-hydrogen) atoms. The number of anilines is 1. The Morgan fingerprint density at radius 3 is 3.00 bits per heavy atom. The van der Waals surface area contributed by atoms with Crippen LogP contribution in [0.25, 0.3) is 0 Å². The quantitative estimate of drug-likeness (QED) is 0.782. The summed E-state index contributed by atoms with van der Waals surface area (Å²) in [6, 6.07) is 3.45. The van der Waals surface area contributed by atoms with Gasteiger partial charge in [0.15, 0.2) is 0 Å². The number of rotatable bonds is 5. The summed E-state index contributed by atoms with van der Waals surface area (Å²) in [5, 5.41) is 21.2. The Morgan fingerprint density at radius 1 is 1.62 bits per heavy atom.